The zero-order valence-electron chi connectivity index (χ0n) is 21.5. The predicted molar refractivity (Wildman–Crippen MR) is 150 cm³/mol. The number of carbonyl (C=O) groups is 3. The van der Waals surface area contributed by atoms with E-state index in [9.17, 15) is 14.4 Å². The van der Waals surface area contributed by atoms with Gasteiger partial charge < -0.3 is 10.6 Å². The molecule has 4 atom stereocenters. The first-order chi connectivity index (χ1) is 19.0. The number of fused-ring (bicyclic) bond motifs is 8. The van der Waals surface area contributed by atoms with Crippen LogP contribution in [0.4, 0.5) is 11.4 Å². The number of hydrogen-bond acceptors (Lipinski definition) is 4. The summed E-state index contributed by atoms with van der Waals surface area (Å²) in [6.07, 6.45) is 1.61. The molecule has 2 spiro atoms. The van der Waals surface area contributed by atoms with E-state index in [2.05, 4.69) is 15.5 Å². The molecule has 6 heteroatoms. The highest BCUT2D eigenvalue weighted by molar-refractivity contribution is 6.21. The summed E-state index contributed by atoms with van der Waals surface area (Å²) < 4.78 is 0. The molecule has 0 bridgehead atoms. The van der Waals surface area contributed by atoms with Gasteiger partial charge in [-0.05, 0) is 60.8 Å². The number of rotatable bonds is 2. The first kappa shape index (κ1) is 22.7. The average molecular weight is 514 g/mol. The van der Waals surface area contributed by atoms with Crippen molar-refractivity contribution in [3.8, 4) is 0 Å². The van der Waals surface area contributed by atoms with Crippen molar-refractivity contribution in [3.05, 3.63) is 107 Å². The maximum absolute atomic E-state index is 14.8. The first-order valence-electron chi connectivity index (χ1n) is 13.6. The number of para-hydroxylation sites is 1. The van der Waals surface area contributed by atoms with Gasteiger partial charge in [-0.3, -0.25) is 19.3 Å². The highest BCUT2D eigenvalue weighted by Crippen LogP contribution is 2.67. The lowest BCUT2D eigenvalue weighted by atomic mass is 9.57. The number of carbonyl (C=O) groups excluding carboxylic acids is 3. The molecule has 2 amide bonds. The van der Waals surface area contributed by atoms with E-state index in [1.165, 1.54) is 0 Å². The number of amides is 2. The Morgan fingerprint density at radius 1 is 0.821 bits per heavy atom. The molecule has 39 heavy (non-hydrogen) atoms. The first-order valence-corrected chi connectivity index (χ1v) is 13.6. The number of nitrogens with one attached hydrogen (secondary N) is 2. The topological polar surface area (TPSA) is 78.5 Å². The fourth-order valence-corrected chi connectivity index (χ4v) is 8.21. The smallest absolute Gasteiger partial charge is 0.251 e. The van der Waals surface area contributed by atoms with Crippen molar-refractivity contribution in [3.63, 3.8) is 0 Å². The molecule has 6 nitrogen and oxygen atoms in total. The number of Topliss-reactive ketones (excluding diaryl/α,β-unsaturated/α-hetero) is 1. The number of anilines is 2. The van der Waals surface area contributed by atoms with Gasteiger partial charge in [0, 0.05) is 28.5 Å². The van der Waals surface area contributed by atoms with Crippen molar-refractivity contribution in [2.24, 2.45) is 5.92 Å². The summed E-state index contributed by atoms with van der Waals surface area (Å²) in [6.45, 7) is 2.64. The van der Waals surface area contributed by atoms with E-state index >= 15 is 0 Å². The van der Waals surface area contributed by atoms with E-state index in [1.54, 1.807) is 0 Å². The summed E-state index contributed by atoms with van der Waals surface area (Å²) in [5.41, 5.74) is 1.74. The Balaban J connectivity index is 1.45. The summed E-state index contributed by atoms with van der Waals surface area (Å²) >= 11 is 0. The van der Waals surface area contributed by atoms with E-state index in [0.29, 0.717) is 23.5 Å². The van der Waals surface area contributed by atoms with Gasteiger partial charge in [-0.2, -0.15) is 0 Å². The lowest BCUT2D eigenvalue weighted by molar-refractivity contribution is -0.137. The van der Waals surface area contributed by atoms with Crippen LogP contribution < -0.4 is 10.6 Å². The van der Waals surface area contributed by atoms with Crippen molar-refractivity contribution >= 4 is 39.7 Å². The third-order valence-electron chi connectivity index (χ3n) is 9.57. The Labute approximate surface area is 226 Å². The van der Waals surface area contributed by atoms with Crippen molar-refractivity contribution in [1.82, 2.24) is 4.90 Å². The molecule has 0 aliphatic carbocycles. The second-order valence-electron chi connectivity index (χ2n) is 11.3. The number of hydrogen-bond donors (Lipinski definition) is 2. The molecule has 4 aliphatic heterocycles. The molecule has 2 fully saturated rings. The standard InChI is InChI=1S/C33H27N3O3/c1-19-12-15-26-24(17-19)33(31(39)35-26)32(23-9-4-5-10-25(23)34-30(32)38)28(27-11-6-16-36(27)33)29(37)22-14-13-20-7-2-3-8-21(20)18-22/h2-5,7-10,12-15,17-18,27-28H,6,11,16H2,1H3,(H,34,38)(H,35,39)/t27-,28-,32-,33+/m1/s1. The van der Waals surface area contributed by atoms with E-state index in [1.807, 2.05) is 91.9 Å². The van der Waals surface area contributed by atoms with Crippen LogP contribution in [0.25, 0.3) is 10.8 Å². The molecule has 2 N–H and O–H groups in total. The quantitative estimate of drug-likeness (QED) is 0.363. The minimum Gasteiger partial charge on any atom is -0.325 e. The van der Waals surface area contributed by atoms with E-state index in [4.69, 9.17) is 0 Å². The van der Waals surface area contributed by atoms with E-state index < -0.39 is 16.9 Å². The maximum atomic E-state index is 14.8. The minimum atomic E-state index is -1.42. The Bertz CT molecular complexity index is 1760. The zero-order chi connectivity index (χ0) is 26.5. The molecule has 0 aromatic heterocycles. The molecule has 4 aromatic carbocycles. The molecular weight excluding hydrogens is 486 g/mol. The van der Waals surface area contributed by atoms with Crippen molar-refractivity contribution in [2.45, 2.75) is 36.8 Å². The number of ketones is 1. The Morgan fingerprint density at radius 3 is 2.44 bits per heavy atom. The fraction of sp³-hybridized carbons (Fsp3) is 0.242. The summed E-state index contributed by atoms with van der Waals surface area (Å²) in [5.74, 6) is -1.32. The van der Waals surface area contributed by atoms with Gasteiger partial charge in [0.15, 0.2) is 5.78 Å². The molecule has 8 rings (SSSR count). The second kappa shape index (κ2) is 7.64. The second-order valence-corrected chi connectivity index (χ2v) is 11.3. The highest BCUT2D eigenvalue weighted by Gasteiger charge is 2.81. The fourth-order valence-electron chi connectivity index (χ4n) is 8.21. The molecule has 2 saturated heterocycles. The zero-order valence-corrected chi connectivity index (χ0v) is 21.5. The molecule has 0 radical (unpaired) electrons. The summed E-state index contributed by atoms with van der Waals surface area (Å²) in [6, 6.07) is 27.0. The van der Waals surface area contributed by atoms with E-state index in [-0.39, 0.29) is 23.6 Å². The van der Waals surface area contributed by atoms with Crippen molar-refractivity contribution < 1.29 is 14.4 Å². The van der Waals surface area contributed by atoms with Gasteiger partial charge in [0.2, 0.25) is 5.91 Å². The van der Waals surface area contributed by atoms with Crippen LogP contribution >= 0.6 is 0 Å². The molecule has 192 valence electrons. The van der Waals surface area contributed by atoms with Crippen LogP contribution in [0.5, 0.6) is 0 Å². The van der Waals surface area contributed by atoms with Crippen molar-refractivity contribution in [1.29, 1.82) is 0 Å². The van der Waals surface area contributed by atoms with Crippen LogP contribution in [0.1, 0.15) is 39.9 Å². The van der Waals surface area contributed by atoms with Crippen LogP contribution in [-0.4, -0.2) is 35.1 Å². The summed E-state index contributed by atoms with van der Waals surface area (Å²) in [7, 11) is 0. The summed E-state index contributed by atoms with van der Waals surface area (Å²) in [5, 5.41) is 8.26. The van der Waals surface area contributed by atoms with Gasteiger partial charge in [0.1, 0.15) is 11.0 Å². The molecule has 4 aromatic rings. The average Bonchev–Trinajstić information content (AvgIpc) is 3.67. The SMILES string of the molecule is Cc1ccc2c(c1)[C@@]1(C(=O)N2)N2CCC[C@@H]2[C@H](C(=O)c2ccc3ccccc3c2)[C@]12C(=O)Nc1ccccc12. The maximum Gasteiger partial charge on any atom is 0.251 e. The molecule has 4 heterocycles. The van der Waals surface area contributed by atoms with Gasteiger partial charge in [0.05, 0.1) is 5.92 Å². The van der Waals surface area contributed by atoms with Crippen LogP contribution in [0, 0.1) is 12.8 Å². The van der Waals surface area contributed by atoms with Crippen LogP contribution in [-0.2, 0) is 20.5 Å². The third-order valence-corrected chi connectivity index (χ3v) is 9.57. The number of benzene rings is 4. The lowest BCUT2D eigenvalue weighted by Gasteiger charge is -2.43. The monoisotopic (exact) mass is 513 g/mol. The minimum absolute atomic E-state index is 0.0877. The van der Waals surface area contributed by atoms with Gasteiger partial charge in [-0.1, -0.05) is 72.3 Å². The predicted octanol–water partition coefficient (Wildman–Crippen LogP) is 5.16. The molecule has 4 aliphatic rings. The number of nitrogens with zero attached hydrogens (tertiary/aromatic N) is 1. The largest absolute Gasteiger partial charge is 0.325 e. The van der Waals surface area contributed by atoms with Crippen LogP contribution in [0.2, 0.25) is 0 Å². The molecule has 0 saturated carbocycles. The summed E-state index contributed by atoms with van der Waals surface area (Å²) in [4.78, 5) is 46.1. The van der Waals surface area contributed by atoms with Crippen molar-refractivity contribution in [2.75, 3.05) is 17.2 Å². The lowest BCUT2D eigenvalue weighted by Crippen LogP contribution is -2.62. The Morgan fingerprint density at radius 2 is 1.56 bits per heavy atom. The Hall–Kier alpha value is -4.29. The molecular formula is C33H27N3O3. The Kier molecular flexibility index (Phi) is 4.44. The highest BCUT2D eigenvalue weighted by atomic mass is 16.2. The normalized spacial score (nSPS) is 28.5. The van der Waals surface area contributed by atoms with Gasteiger partial charge in [-0.15, -0.1) is 0 Å². The van der Waals surface area contributed by atoms with Gasteiger partial charge >= 0.3 is 0 Å². The van der Waals surface area contributed by atoms with Gasteiger partial charge in [0.25, 0.3) is 5.91 Å². The van der Waals surface area contributed by atoms with Gasteiger partial charge in [-0.25, -0.2) is 0 Å². The third kappa shape index (κ3) is 2.58. The molecule has 0 unspecified atom stereocenters. The number of aryl methyl sites for hydroxylation is 1. The van der Waals surface area contributed by atoms with E-state index in [0.717, 1.165) is 40.3 Å². The van der Waals surface area contributed by atoms with Crippen LogP contribution in [0.3, 0.4) is 0 Å². The van der Waals surface area contributed by atoms with Crippen LogP contribution in [0.15, 0.2) is 84.9 Å².